The van der Waals surface area contributed by atoms with Crippen molar-refractivity contribution in [2.45, 2.75) is 347 Å². The Morgan fingerprint density at radius 1 is 0.400 bits per heavy atom. The highest BCUT2D eigenvalue weighted by atomic mass is 16.5. The third-order valence-electron chi connectivity index (χ3n) is 14.4. The van der Waals surface area contributed by atoms with E-state index in [1.54, 1.807) is 0 Å². The number of unbranched alkanes of at least 4 members (excludes halogenated alkanes) is 41. The van der Waals surface area contributed by atoms with E-state index in [1.807, 2.05) is 0 Å². The molecular weight excluding hydrogens is 863 g/mol. The maximum Gasteiger partial charge on any atom is 0.305 e. The van der Waals surface area contributed by atoms with Gasteiger partial charge in [0, 0.05) is 12.8 Å². The van der Waals surface area contributed by atoms with Gasteiger partial charge in [-0.05, 0) is 77.0 Å². The number of carbonyl (C=O) groups excluding carboxylic acids is 2. The van der Waals surface area contributed by atoms with E-state index in [2.05, 4.69) is 55.6 Å². The number of carbonyl (C=O) groups is 2. The Bertz CT molecular complexity index is 1130. The largest absolute Gasteiger partial charge is 0.466 e. The fraction of sp³-hybridized carbons (Fsp3) is 0.875. The summed E-state index contributed by atoms with van der Waals surface area (Å²) in [5.74, 6) is -0.0355. The number of hydrogen-bond acceptors (Lipinski definition) is 5. The number of aliphatic hydroxyl groups is 2. The summed E-state index contributed by atoms with van der Waals surface area (Å²) in [6.45, 7) is 4.89. The topological polar surface area (TPSA) is 95.9 Å². The predicted molar refractivity (Wildman–Crippen MR) is 306 cm³/mol. The highest BCUT2D eigenvalue weighted by molar-refractivity contribution is 5.76. The number of nitrogens with one attached hydrogen (secondary N) is 1. The lowest BCUT2D eigenvalue weighted by molar-refractivity contribution is -0.143. The number of allylic oxidation sites excluding steroid dienone is 6. The summed E-state index contributed by atoms with van der Waals surface area (Å²) in [6, 6.07) is -0.541. The lowest BCUT2D eigenvalue weighted by Crippen LogP contribution is -2.45. The van der Waals surface area contributed by atoms with Crippen LogP contribution in [0.5, 0.6) is 0 Å². The highest BCUT2D eigenvalue weighted by Gasteiger charge is 2.20. The fourth-order valence-corrected chi connectivity index (χ4v) is 9.61. The maximum atomic E-state index is 12.5. The van der Waals surface area contributed by atoms with Crippen LogP contribution in [0.3, 0.4) is 0 Å². The van der Waals surface area contributed by atoms with Crippen molar-refractivity contribution < 1.29 is 24.5 Å². The molecule has 3 N–H and O–H groups in total. The number of aliphatic hydroxyl groups excluding tert-OH is 2. The van der Waals surface area contributed by atoms with E-state index in [4.69, 9.17) is 4.74 Å². The summed E-state index contributed by atoms with van der Waals surface area (Å²) < 4.78 is 5.47. The Balaban J connectivity index is 3.38. The third kappa shape index (κ3) is 55.4. The van der Waals surface area contributed by atoms with Crippen LogP contribution in [0.15, 0.2) is 36.5 Å². The Morgan fingerprint density at radius 3 is 1.16 bits per heavy atom. The van der Waals surface area contributed by atoms with Gasteiger partial charge in [0.25, 0.3) is 0 Å². The second kappa shape index (κ2) is 59.6. The van der Waals surface area contributed by atoms with Gasteiger partial charge in [0.05, 0.1) is 25.4 Å². The smallest absolute Gasteiger partial charge is 0.305 e. The fourth-order valence-electron chi connectivity index (χ4n) is 9.61. The van der Waals surface area contributed by atoms with E-state index in [-0.39, 0.29) is 18.5 Å². The van der Waals surface area contributed by atoms with E-state index in [0.29, 0.717) is 25.9 Å². The molecule has 0 aliphatic rings. The van der Waals surface area contributed by atoms with Crippen molar-refractivity contribution >= 4 is 11.9 Å². The first-order valence-electron chi connectivity index (χ1n) is 31.2. The maximum absolute atomic E-state index is 12.5. The zero-order valence-corrected chi connectivity index (χ0v) is 47.0. The van der Waals surface area contributed by atoms with Crippen LogP contribution >= 0.6 is 0 Å². The van der Waals surface area contributed by atoms with Gasteiger partial charge in [0.2, 0.25) is 5.91 Å². The molecule has 0 saturated carbocycles. The van der Waals surface area contributed by atoms with Gasteiger partial charge < -0.3 is 20.3 Å². The van der Waals surface area contributed by atoms with E-state index in [0.717, 1.165) is 51.4 Å². The molecule has 0 aromatic carbocycles. The number of amides is 1. The molecule has 2 atom stereocenters. The van der Waals surface area contributed by atoms with Crippen LogP contribution in [0.1, 0.15) is 335 Å². The van der Waals surface area contributed by atoms with Crippen molar-refractivity contribution in [2.75, 3.05) is 13.2 Å². The minimum Gasteiger partial charge on any atom is -0.466 e. The quantitative estimate of drug-likeness (QED) is 0.0321. The molecule has 2 unspecified atom stereocenters. The van der Waals surface area contributed by atoms with Crippen LogP contribution in [0.25, 0.3) is 0 Å². The van der Waals surface area contributed by atoms with Gasteiger partial charge in [0.1, 0.15) is 0 Å². The number of hydrogen-bond donors (Lipinski definition) is 3. The zero-order valence-electron chi connectivity index (χ0n) is 47.0. The molecule has 0 fully saturated rings. The van der Waals surface area contributed by atoms with E-state index < -0.39 is 12.1 Å². The summed E-state index contributed by atoms with van der Waals surface area (Å²) in [4.78, 5) is 24.5. The molecule has 0 heterocycles. The Labute approximate surface area is 436 Å². The first-order valence-corrected chi connectivity index (χ1v) is 31.2. The van der Waals surface area contributed by atoms with Crippen molar-refractivity contribution in [2.24, 2.45) is 0 Å². The molecule has 0 radical (unpaired) electrons. The number of rotatable bonds is 58. The summed E-state index contributed by atoms with van der Waals surface area (Å²) in [5.41, 5.74) is 0. The molecule has 0 aromatic rings. The van der Waals surface area contributed by atoms with Crippen LogP contribution in [0.2, 0.25) is 0 Å². The normalized spacial score (nSPS) is 12.8. The summed E-state index contributed by atoms with van der Waals surface area (Å²) in [5, 5.41) is 23.3. The second-order valence-electron chi connectivity index (χ2n) is 21.4. The molecular formula is C64H121NO5. The molecule has 0 rings (SSSR count). The minimum absolute atomic E-state index is 0.000366. The first-order chi connectivity index (χ1) is 34.5. The average Bonchev–Trinajstić information content (AvgIpc) is 3.36. The van der Waals surface area contributed by atoms with Gasteiger partial charge in [-0.15, -0.1) is 0 Å². The average molecular weight is 985 g/mol. The van der Waals surface area contributed by atoms with Crippen LogP contribution in [0.4, 0.5) is 0 Å². The molecule has 1 amide bonds. The Kier molecular flexibility index (Phi) is 58.0. The molecule has 0 aromatic heterocycles. The summed E-state index contributed by atoms with van der Waals surface area (Å²) in [6.07, 6.45) is 74.5. The van der Waals surface area contributed by atoms with Gasteiger partial charge >= 0.3 is 5.97 Å². The van der Waals surface area contributed by atoms with Crippen molar-refractivity contribution in [1.29, 1.82) is 0 Å². The van der Waals surface area contributed by atoms with Crippen LogP contribution in [-0.2, 0) is 14.3 Å². The van der Waals surface area contributed by atoms with E-state index in [1.165, 1.54) is 250 Å². The van der Waals surface area contributed by atoms with Crippen LogP contribution in [0, 0.1) is 0 Å². The Morgan fingerprint density at radius 2 is 0.743 bits per heavy atom. The first kappa shape index (κ1) is 68.1. The van der Waals surface area contributed by atoms with Crippen molar-refractivity contribution in [3.8, 4) is 0 Å². The second-order valence-corrected chi connectivity index (χ2v) is 21.4. The van der Waals surface area contributed by atoms with E-state index in [9.17, 15) is 19.8 Å². The monoisotopic (exact) mass is 984 g/mol. The number of ether oxygens (including phenoxy) is 1. The molecule has 70 heavy (non-hydrogen) atoms. The summed E-state index contributed by atoms with van der Waals surface area (Å²) in [7, 11) is 0. The van der Waals surface area contributed by atoms with Crippen LogP contribution < -0.4 is 5.32 Å². The van der Waals surface area contributed by atoms with Gasteiger partial charge in [-0.2, -0.15) is 0 Å². The van der Waals surface area contributed by atoms with Crippen molar-refractivity contribution in [1.82, 2.24) is 5.32 Å². The lowest BCUT2D eigenvalue weighted by Gasteiger charge is -2.22. The third-order valence-corrected chi connectivity index (χ3v) is 14.4. The van der Waals surface area contributed by atoms with Gasteiger partial charge in [-0.25, -0.2) is 0 Å². The molecule has 6 nitrogen and oxygen atoms in total. The molecule has 6 heteroatoms. The molecule has 0 aliphatic carbocycles. The number of esters is 1. The molecule has 0 aliphatic heterocycles. The zero-order chi connectivity index (χ0) is 50.7. The van der Waals surface area contributed by atoms with Crippen LogP contribution in [-0.4, -0.2) is 47.4 Å². The molecule has 0 spiro atoms. The molecule has 412 valence electrons. The Hall–Kier alpha value is -1.92. The van der Waals surface area contributed by atoms with E-state index >= 15 is 0 Å². The van der Waals surface area contributed by atoms with Crippen molar-refractivity contribution in [3.05, 3.63) is 36.5 Å². The molecule has 0 bridgehead atoms. The molecule has 0 saturated heterocycles. The summed E-state index contributed by atoms with van der Waals surface area (Å²) >= 11 is 0. The minimum atomic E-state index is -0.664. The van der Waals surface area contributed by atoms with Gasteiger partial charge in [0.15, 0.2) is 0 Å². The van der Waals surface area contributed by atoms with Crippen molar-refractivity contribution in [3.63, 3.8) is 0 Å². The predicted octanol–water partition coefficient (Wildman–Crippen LogP) is 19.6. The van der Waals surface area contributed by atoms with Gasteiger partial charge in [-0.3, -0.25) is 9.59 Å². The highest BCUT2D eigenvalue weighted by Crippen LogP contribution is 2.17. The van der Waals surface area contributed by atoms with Gasteiger partial charge in [-0.1, -0.05) is 281 Å². The standard InChI is InChI=1S/C64H121NO5/c1-3-5-7-9-11-13-15-32-36-40-44-48-52-56-62(67)61(60-66)65-63(68)57-53-49-45-41-37-34-30-28-26-24-22-20-18-17-19-21-23-25-27-29-31-35-39-43-47-51-55-59-70-64(69)58-54-50-46-42-38-33-16-14-12-10-8-6-4-2/h8,10,14,16-18,61-62,66-67H,3-7,9,11-13,15,19-60H2,1-2H3,(H,65,68)/b10-8-,16-14-,18-17-. The SMILES string of the molecule is CCC/C=C\C/C=C\CCCCCCCC(=O)OCCCCCCCCCCCCCC/C=C\CCCCCCCCCCCCCC(=O)NC(CO)C(O)CCCCCCCCCCCCCCC. The lowest BCUT2D eigenvalue weighted by atomic mass is 10.0.